The maximum atomic E-state index is 12.1. The number of benzene rings is 1. The van der Waals surface area contributed by atoms with Crippen molar-refractivity contribution in [3.63, 3.8) is 0 Å². The second-order valence-corrected chi connectivity index (χ2v) is 4.81. The Kier molecular flexibility index (Phi) is 2.88. The number of aryl methyl sites for hydroxylation is 1. The second-order valence-electron chi connectivity index (χ2n) is 4.81. The molecule has 100 valence electrons. The van der Waals surface area contributed by atoms with Crippen molar-refractivity contribution in [1.29, 1.82) is 0 Å². The molecule has 0 bridgehead atoms. The molecule has 2 aliphatic rings. The first-order chi connectivity index (χ1) is 9.13. The summed E-state index contributed by atoms with van der Waals surface area (Å²) >= 11 is 0. The molecule has 3 rings (SSSR count). The van der Waals surface area contributed by atoms with Crippen molar-refractivity contribution in [3.05, 3.63) is 29.3 Å². The number of fused-ring (bicyclic) bond motifs is 2. The van der Waals surface area contributed by atoms with E-state index in [0.29, 0.717) is 26.1 Å². The van der Waals surface area contributed by atoms with Gasteiger partial charge in [0.15, 0.2) is 0 Å². The minimum absolute atomic E-state index is 0.130. The summed E-state index contributed by atoms with van der Waals surface area (Å²) in [4.78, 5) is 23.2. The predicted octanol–water partition coefficient (Wildman–Crippen LogP) is 1.36. The molecular weight excluding hydrogens is 246 g/mol. The van der Waals surface area contributed by atoms with E-state index >= 15 is 0 Å². The van der Waals surface area contributed by atoms with Crippen LogP contribution in [-0.2, 0) is 31.3 Å². The van der Waals surface area contributed by atoms with Crippen molar-refractivity contribution in [2.45, 2.75) is 25.6 Å². The number of ketones is 1. The Morgan fingerprint density at radius 3 is 2.79 bits per heavy atom. The molecule has 1 fully saturated rings. The third-order valence-corrected chi connectivity index (χ3v) is 3.48. The minimum atomic E-state index is -1.28. The number of amides is 1. The number of hydrogen-bond donors (Lipinski definition) is 1. The molecule has 1 aromatic carbocycles. The van der Waals surface area contributed by atoms with Gasteiger partial charge in [-0.3, -0.25) is 4.79 Å². The first-order valence-electron chi connectivity index (χ1n) is 6.34. The molecular formula is C14H15NO4. The van der Waals surface area contributed by atoms with Gasteiger partial charge in [0.05, 0.1) is 18.9 Å². The van der Waals surface area contributed by atoms with Crippen molar-refractivity contribution in [2.24, 2.45) is 0 Å². The van der Waals surface area contributed by atoms with Crippen molar-refractivity contribution in [3.8, 4) is 0 Å². The lowest BCUT2D eigenvalue weighted by Crippen LogP contribution is -2.35. The Hall–Kier alpha value is -1.72. The summed E-state index contributed by atoms with van der Waals surface area (Å²) in [6.45, 7) is 2.38. The van der Waals surface area contributed by atoms with Gasteiger partial charge in [0.2, 0.25) is 0 Å². The Balaban J connectivity index is 1.98. The zero-order chi connectivity index (χ0) is 13.5. The lowest BCUT2D eigenvalue weighted by molar-refractivity contribution is -0.178. The average molecular weight is 261 g/mol. The van der Waals surface area contributed by atoms with Gasteiger partial charge in [0.25, 0.3) is 11.7 Å². The van der Waals surface area contributed by atoms with Crippen LogP contribution in [0.1, 0.15) is 24.5 Å². The van der Waals surface area contributed by atoms with Gasteiger partial charge in [0.1, 0.15) is 5.78 Å². The van der Waals surface area contributed by atoms with E-state index in [2.05, 4.69) is 5.32 Å². The lowest BCUT2D eigenvalue weighted by Gasteiger charge is -2.19. The number of ether oxygens (including phenoxy) is 2. The third-order valence-electron chi connectivity index (χ3n) is 3.48. The zero-order valence-electron chi connectivity index (χ0n) is 10.7. The summed E-state index contributed by atoms with van der Waals surface area (Å²) in [6, 6.07) is 5.60. The number of carbonyl (C=O) groups excluding carboxylic acids is 2. The molecule has 0 radical (unpaired) electrons. The van der Waals surface area contributed by atoms with Crippen molar-refractivity contribution >= 4 is 17.4 Å². The van der Waals surface area contributed by atoms with E-state index in [-0.39, 0.29) is 11.7 Å². The van der Waals surface area contributed by atoms with Crippen molar-refractivity contribution < 1.29 is 19.1 Å². The average Bonchev–Trinajstić information content (AvgIpc) is 2.96. The molecule has 0 aromatic heterocycles. The molecule has 2 heterocycles. The minimum Gasteiger partial charge on any atom is -0.336 e. The number of anilines is 1. The van der Waals surface area contributed by atoms with E-state index in [1.807, 2.05) is 18.2 Å². The molecule has 1 spiro atoms. The van der Waals surface area contributed by atoms with Crippen LogP contribution in [0.25, 0.3) is 0 Å². The van der Waals surface area contributed by atoms with Gasteiger partial charge in [-0.1, -0.05) is 18.2 Å². The molecule has 0 saturated carbocycles. The Labute approximate surface area is 110 Å². The fourth-order valence-electron chi connectivity index (χ4n) is 2.56. The lowest BCUT2D eigenvalue weighted by atomic mass is 10.00. The molecule has 1 saturated heterocycles. The van der Waals surface area contributed by atoms with Gasteiger partial charge in [-0.2, -0.15) is 0 Å². The maximum absolute atomic E-state index is 12.1. The molecule has 0 aliphatic carbocycles. The van der Waals surface area contributed by atoms with E-state index < -0.39 is 5.79 Å². The molecule has 1 N–H and O–H groups in total. The summed E-state index contributed by atoms with van der Waals surface area (Å²) in [6.07, 6.45) is 1.07. The van der Waals surface area contributed by atoms with E-state index in [9.17, 15) is 9.59 Å². The normalized spacial score (nSPS) is 19.5. The number of Topliss-reactive ketones (excluding diaryl/α,β-unsaturated/α-hetero) is 1. The maximum Gasteiger partial charge on any atom is 0.289 e. The molecule has 5 nitrogen and oxygen atoms in total. The Morgan fingerprint density at radius 1 is 1.37 bits per heavy atom. The van der Waals surface area contributed by atoms with Crippen LogP contribution >= 0.6 is 0 Å². The molecule has 0 unspecified atom stereocenters. The highest BCUT2D eigenvalue weighted by molar-refractivity contribution is 6.05. The van der Waals surface area contributed by atoms with Crippen molar-refractivity contribution in [2.75, 3.05) is 18.5 Å². The van der Waals surface area contributed by atoms with Crippen LogP contribution in [-0.4, -0.2) is 24.9 Å². The van der Waals surface area contributed by atoms with E-state index in [4.69, 9.17) is 9.47 Å². The Morgan fingerprint density at radius 2 is 2.11 bits per heavy atom. The van der Waals surface area contributed by atoms with Gasteiger partial charge in [-0.15, -0.1) is 0 Å². The van der Waals surface area contributed by atoms with Crippen LogP contribution in [0.4, 0.5) is 5.69 Å². The molecule has 2 aliphatic heterocycles. The summed E-state index contributed by atoms with van der Waals surface area (Å²) in [5.74, 6) is -1.43. The van der Waals surface area contributed by atoms with Gasteiger partial charge < -0.3 is 19.6 Å². The van der Waals surface area contributed by atoms with Crippen LogP contribution in [0, 0.1) is 0 Å². The SMILES string of the molecule is CC(=O)CCc1cccc2c1NC(=O)C21OCCO1. The molecule has 0 atom stereocenters. The molecule has 1 amide bonds. The second kappa shape index (κ2) is 4.43. The predicted molar refractivity (Wildman–Crippen MR) is 67.7 cm³/mol. The standard InChI is InChI=1S/C14H15NO4/c1-9(16)5-6-10-3-2-4-11-12(10)15-13(17)14(11)18-7-8-19-14/h2-4H,5-8H2,1H3,(H,15,17). The summed E-state index contributed by atoms with van der Waals surface area (Å²) in [5, 5.41) is 2.82. The first-order valence-corrected chi connectivity index (χ1v) is 6.34. The van der Waals surface area contributed by atoms with Gasteiger partial charge in [-0.25, -0.2) is 0 Å². The number of para-hydroxylation sites is 1. The van der Waals surface area contributed by atoms with E-state index in [0.717, 1.165) is 16.8 Å². The fourth-order valence-corrected chi connectivity index (χ4v) is 2.56. The first kappa shape index (κ1) is 12.3. The monoisotopic (exact) mass is 261 g/mol. The molecule has 19 heavy (non-hydrogen) atoms. The van der Waals surface area contributed by atoms with E-state index in [1.165, 1.54) is 0 Å². The van der Waals surface area contributed by atoms with Crippen LogP contribution in [0.5, 0.6) is 0 Å². The smallest absolute Gasteiger partial charge is 0.289 e. The van der Waals surface area contributed by atoms with Gasteiger partial charge in [-0.05, 0) is 18.9 Å². The fraction of sp³-hybridized carbons (Fsp3) is 0.429. The highest BCUT2D eigenvalue weighted by atomic mass is 16.7. The number of carbonyl (C=O) groups is 2. The molecule has 5 heteroatoms. The number of nitrogens with one attached hydrogen (secondary N) is 1. The van der Waals surface area contributed by atoms with Crippen molar-refractivity contribution in [1.82, 2.24) is 0 Å². The third kappa shape index (κ3) is 1.86. The Bertz CT molecular complexity index is 546. The van der Waals surface area contributed by atoms with Gasteiger partial charge in [0, 0.05) is 12.0 Å². The molecule has 1 aromatic rings. The van der Waals surface area contributed by atoms with E-state index in [1.54, 1.807) is 6.92 Å². The van der Waals surface area contributed by atoms with Crippen LogP contribution < -0.4 is 5.32 Å². The van der Waals surface area contributed by atoms with Crippen LogP contribution in [0.3, 0.4) is 0 Å². The summed E-state index contributed by atoms with van der Waals surface area (Å²) in [5.41, 5.74) is 2.39. The zero-order valence-corrected chi connectivity index (χ0v) is 10.7. The largest absolute Gasteiger partial charge is 0.336 e. The number of hydrogen-bond acceptors (Lipinski definition) is 4. The van der Waals surface area contributed by atoms with Gasteiger partial charge >= 0.3 is 0 Å². The number of rotatable bonds is 3. The topological polar surface area (TPSA) is 64.6 Å². The summed E-state index contributed by atoms with van der Waals surface area (Å²) in [7, 11) is 0. The summed E-state index contributed by atoms with van der Waals surface area (Å²) < 4.78 is 11.0. The highest BCUT2D eigenvalue weighted by Gasteiger charge is 2.52. The van der Waals surface area contributed by atoms with Crippen LogP contribution in [0.15, 0.2) is 18.2 Å². The van der Waals surface area contributed by atoms with Crippen LogP contribution in [0.2, 0.25) is 0 Å². The quantitative estimate of drug-likeness (QED) is 0.892. The highest BCUT2D eigenvalue weighted by Crippen LogP contribution is 2.43.